The molecular formula is C11H16N2O3. The van der Waals surface area contributed by atoms with Crippen LogP contribution in [-0.2, 0) is 9.53 Å². The molecule has 1 heterocycles. The van der Waals surface area contributed by atoms with Crippen molar-refractivity contribution in [3.05, 3.63) is 17.5 Å². The zero-order chi connectivity index (χ0) is 12.1. The molecule has 1 rings (SSSR count). The van der Waals surface area contributed by atoms with Crippen molar-refractivity contribution < 1.29 is 14.3 Å². The summed E-state index contributed by atoms with van der Waals surface area (Å²) in [6.07, 6.45) is -0.693. The third-order valence-electron chi connectivity index (χ3n) is 1.86. The Labute approximate surface area is 94.8 Å². The van der Waals surface area contributed by atoms with E-state index in [4.69, 9.17) is 9.47 Å². The second-order valence-corrected chi connectivity index (χ2v) is 3.45. The molecule has 0 aliphatic rings. The van der Waals surface area contributed by atoms with Gasteiger partial charge in [0.05, 0.1) is 6.61 Å². The van der Waals surface area contributed by atoms with Crippen LogP contribution in [0.4, 0.5) is 0 Å². The number of carbonyl (C=O) groups excluding carboxylic acids is 1. The van der Waals surface area contributed by atoms with E-state index in [9.17, 15) is 4.79 Å². The second kappa shape index (κ2) is 5.44. The first-order chi connectivity index (χ1) is 7.52. The van der Waals surface area contributed by atoms with Gasteiger partial charge in [-0.3, -0.25) is 0 Å². The highest BCUT2D eigenvalue weighted by Crippen LogP contribution is 2.08. The third kappa shape index (κ3) is 3.49. The highest BCUT2D eigenvalue weighted by molar-refractivity contribution is 5.74. The molecule has 1 atom stereocenters. The summed E-state index contributed by atoms with van der Waals surface area (Å²) in [5.74, 6) is -0.412. The first-order valence-electron chi connectivity index (χ1n) is 5.18. The van der Waals surface area contributed by atoms with Crippen LogP contribution in [-0.4, -0.2) is 28.6 Å². The number of esters is 1. The first-order valence-corrected chi connectivity index (χ1v) is 5.18. The molecule has 0 spiro atoms. The van der Waals surface area contributed by atoms with E-state index in [-0.39, 0.29) is 6.01 Å². The molecule has 5 nitrogen and oxygen atoms in total. The number of hydrogen-bond donors (Lipinski definition) is 0. The number of rotatable bonds is 4. The SMILES string of the molecule is CCOC(=O)C(C)Oc1nc(C)cc(C)n1. The summed E-state index contributed by atoms with van der Waals surface area (Å²) in [5, 5.41) is 0. The number of hydrogen-bond acceptors (Lipinski definition) is 5. The van der Waals surface area contributed by atoms with Gasteiger partial charge in [-0.15, -0.1) is 0 Å². The fourth-order valence-corrected chi connectivity index (χ4v) is 1.21. The van der Waals surface area contributed by atoms with Crippen molar-refractivity contribution in [2.45, 2.75) is 33.8 Å². The standard InChI is InChI=1S/C11H16N2O3/c1-5-15-10(14)9(4)16-11-12-7(2)6-8(3)13-11/h6,9H,5H2,1-4H3. The maximum absolute atomic E-state index is 11.3. The van der Waals surface area contributed by atoms with Crippen molar-refractivity contribution in [2.24, 2.45) is 0 Å². The van der Waals surface area contributed by atoms with Crippen LogP contribution in [0.5, 0.6) is 6.01 Å². The molecule has 5 heteroatoms. The van der Waals surface area contributed by atoms with Crippen molar-refractivity contribution >= 4 is 5.97 Å². The Morgan fingerprint density at radius 1 is 1.38 bits per heavy atom. The highest BCUT2D eigenvalue weighted by atomic mass is 16.6. The molecule has 1 aromatic heterocycles. The van der Waals surface area contributed by atoms with Gasteiger partial charge in [-0.25, -0.2) is 14.8 Å². The Hall–Kier alpha value is -1.65. The van der Waals surface area contributed by atoms with Crippen LogP contribution in [0.2, 0.25) is 0 Å². The van der Waals surface area contributed by atoms with Gasteiger partial charge < -0.3 is 9.47 Å². The monoisotopic (exact) mass is 224 g/mol. The van der Waals surface area contributed by atoms with E-state index < -0.39 is 12.1 Å². The number of aromatic nitrogens is 2. The van der Waals surface area contributed by atoms with Gasteiger partial charge in [0.25, 0.3) is 0 Å². The van der Waals surface area contributed by atoms with Crippen molar-refractivity contribution in [3.63, 3.8) is 0 Å². The summed E-state index contributed by atoms with van der Waals surface area (Å²) in [4.78, 5) is 19.5. The normalized spacial score (nSPS) is 12.0. The quantitative estimate of drug-likeness (QED) is 0.724. The molecule has 16 heavy (non-hydrogen) atoms. The summed E-state index contributed by atoms with van der Waals surface area (Å²) in [5.41, 5.74) is 1.61. The van der Waals surface area contributed by atoms with Gasteiger partial charge in [0.1, 0.15) is 0 Å². The lowest BCUT2D eigenvalue weighted by atomic mass is 10.4. The Bertz CT molecular complexity index is 359. The Kier molecular flexibility index (Phi) is 4.22. The maximum atomic E-state index is 11.3. The lowest BCUT2D eigenvalue weighted by molar-refractivity contribution is -0.150. The van der Waals surface area contributed by atoms with E-state index >= 15 is 0 Å². The minimum atomic E-state index is -0.693. The molecule has 0 aliphatic heterocycles. The highest BCUT2D eigenvalue weighted by Gasteiger charge is 2.17. The molecule has 88 valence electrons. The van der Waals surface area contributed by atoms with Crippen LogP contribution in [0, 0.1) is 13.8 Å². The zero-order valence-corrected chi connectivity index (χ0v) is 9.98. The van der Waals surface area contributed by atoms with Crippen LogP contribution >= 0.6 is 0 Å². The van der Waals surface area contributed by atoms with Gasteiger partial charge in [0.15, 0.2) is 6.10 Å². The second-order valence-electron chi connectivity index (χ2n) is 3.45. The molecular weight excluding hydrogens is 208 g/mol. The molecule has 1 aromatic rings. The van der Waals surface area contributed by atoms with Crippen molar-refractivity contribution in [2.75, 3.05) is 6.61 Å². The van der Waals surface area contributed by atoms with Crippen LogP contribution in [0.1, 0.15) is 25.2 Å². The predicted molar refractivity (Wildman–Crippen MR) is 58.2 cm³/mol. The number of ether oxygens (including phenoxy) is 2. The van der Waals surface area contributed by atoms with Gasteiger partial charge in [0.2, 0.25) is 0 Å². The fourth-order valence-electron chi connectivity index (χ4n) is 1.21. The Balaban J connectivity index is 2.69. The Morgan fingerprint density at radius 3 is 2.44 bits per heavy atom. The first kappa shape index (κ1) is 12.4. The average molecular weight is 224 g/mol. The van der Waals surface area contributed by atoms with E-state index in [0.29, 0.717) is 6.61 Å². The van der Waals surface area contributed by atoms with E-state index in [1.54, 1.807) is 13.8 Å². The summed E-state index contributed by atoms with van der Waals surface area (Å²) in [7, 11) is 0. The maximum Gasteiger partial charge on any atom is 0.347 e. The topological polar surface area (TPSA) is 61.3 Å². The van der Waals surface area contributed by atoms with Gasteiger partial charge in [-0.05, 0) is 33.8 Å². The van der Waals surface area contributed by atoms with Crippen LogP contribution in [0.3, 0.4) is 0 Å². The van der Waals surface area contributed by atoms with E-state index in [1.165, 1.54) is 0 Å². The van der Waals surface area contributed by atoms with Crippen LogP contribution in [0.15, 0.2) is 6.07 Å². The number of carbonyl (C=O) groups is 1. The van der Waals surface area contributed by atoms with Gasteiger partial charge in [-0.2, -0.15) is 0 Å². The van der Waals surface area contributed by atoms with Crippen molar-refractivity contribution in [3.8, 4) is 6.01 Å². The minimum absolute atomic E-state index is 0.207. The molecule has 0 saturated heterocycles. The summed E-state index contributed by atoms with van der Waals surface area (Å²) < 4.78 is 10.1. The van der Waals surface area contributed by atoms with Gasteiger partial charge in [-0.1, -0.05) is 0 Å². The third-order valence-corrected chi connectivity index (χ3v) is 1.86. The number of nitrogens with zero attached hydrogens (tertiary/aromatic N) is 2. The van der Waals surface area contributed by atoms with Crippen molar-refractivity contribution in [1.29, 1.82) is 0 Å². The molecule has 0 radical (unpaired) electrons. The summed E-state index contributed by atoms with van der Waals surface area (Å²) in [6.45, 7) is 7.38. The van der Waals surface area contributed by atoms with Crippen LogP contribution in [0.25, 0.3) is 0 Å². The summed E-state index contributed by atoms with van der Waals surface area (Å²) in [6, 6.07) is 2.04. The van der Waals surface area contributed by atoms with Gasteiger partial charge in [0, 0.05) is 11.4 Å². The molecule has 0 aromatic carbocycles. The smallest absolute Gasteiger partial charge is 0.347 e. The van der Waals surface area contributed by atoms with E-state index in [2.05, 4.69) is 9.97 Å². The fraction of sp³-hybridized carbons (Fsp3) is 0.545. The molecule has 0 bridgehead atoms. The summed E-state index contributed by atoms with van der Waals surface area (Å²) >= 11 is 0. The predicted octanol–water partition coefficient (Wildman–Crippen LogP) is 1.42. The van der Waals surface area contributed by atoms with E-state index in [1.807, 2.05) is 19.9 Å². The molecule has 0 amide bonds. The Morgan fingerprint density at radius 2 is 1.94 bits per heavy atom. The lowest BCUT2D eigenvalue weighted by Gasteiger charge is -2.12. The molecule has 0 saturated carbocycles. The molecule has 0 N–H and O–H groups in total. The molecule has 0 aliphatic carbocycles. The molecule has 0 fully saturated rings. The minimum Gasteiger partial charge on any atom is -0.463 e. The van der Waals surface area contributed by atoms with E-state index in [0.717, 1.165) is 11.4 Å². The number of aryl methyl sites for hydroxylation is 2. The lowest BCUT2D eigenvalue weighted by Crippen LogP contribution is -2.27. The zero-order valence-electron chi connectivity index (χ0n) is 9.98. The largest absolute Gasteiger partial charge is 0.463 e. The van der Waals surface area contributed by atoms with Crippen molar-refractivity contribution in [1.82, 2.24) is 9.97 Å². The van der Waals surface area contributed by atoms with Crippen LogP contribution < -0.4 is 4.74 Å². The molecule has 1 unspecified atom stereocenters. The van der Waals surface area contributed by atoms with Gasteiger partial charge >= 0.3 is 12.0 Å². The average Bonchev–Trinajstić information content (AvgIpc) is 2.16.